The fourth-order valence-corrected chi connectivity index (χ4v) is 1.92. The summed E-state index contributed by atoms with van der Waals surface area (Å²) >= 11 is 1.79. The SMILES string of the molecule is CN=C(NCc1cc(C(=O)OC)c(C)o1)NCC(C)(C)SC.I. The third kappa shape index (κ3) is 7.03. The summed E-state index contributed by atoms with van der Waals surface area (Å²) in [5.74, 6) is 1.51. The fraction of sp³-hybridized carbons (Fsp3) is 0.600. The standard InChI is InChI=1S/C15H25N3O3S.HI/c1-10-12(13(19)20-5)7-11(21-10)8-17-14(16-4)18-9-15(2,3)22-6;/h7H,8-9H2,1-6H3,(H2,16,17,18);1H. The Labute approximate surface area is 159 Å². The van der Waals surface area contributed by atoms with Gasteiger partial charge in [-0.1, -0.05) is 0 Å². The molecule has 0 aliphatic rings. The number of aryl methyl sites for hydroxylation is 1. The Morgan fingerprint density at radius 3 is 2.61 bits per heavy atom. The van der Waals surface area contributed by atoms with Gasteiger partial charge in [-0.05, 0) is 33.1 Å². The fourth-order valence-electron chi connectivity index (χ4n) is 1.70. The predicted octanol–water partition coefficient (Wildman–Crippen LogP) is 2.80. The Bertz CT molecular complexity index is 544. The molecule has 1 rings (SSSR count). The van der Waals surface area contributed by atoms with Crippen LogP contribution in [0.3, 0.4) is 0 Å². The van der Waals surface area contributed by atoms with Gasteiger partial charge in [0.05, 0.1) is 13.7 Å². The molecule has 0 atom stereocenters. The number of ether oxygens (including phenoxy) is 1. The minimum atomic E-state index is -0.392. The van der Waals surface area contributed by atoms with Gasteiger partial charge in [0.1, 0.15) is 17.1 Å². The Kier molecular flexibility index (Phi) is 9.67. The van der Waals surface area contributed by atoms with E-state index in [2.05, 4.69) is 35.7 Å². The summed E-state index contributed by atoms with van der Waals surface area (Å²) in [6, 6.07) is 1.69. The molecule has 0 radical (unpaired) electrons. The van der Waals surface area contributed by atoms with Gasteiger partial charge in [-0.3, -0.25) is 4.99 Å². The van der Waals surface area contributed by atoms with E-state index >= 15 is 0 Å². The lowest BCUT2D eigenvalue weighted by atomic mass is 10.2. The first-order chi connectivity index (χ1) is 10.3. The monoisotopic (exact) mass is 455 g/mol. The van der Waals surface area contributed by atoms with Crippen LogP contribution >= 0.6 is 35.7 Å². The molecule has 0 fully saturated rings. The number of furan rings is 1. The first-order valence-electron chi connectivity index (χ1n) is 7.00. The molecule has 1 aromatic heterocycles. The normalized spacial score (nSPS) is 11.7. The summed E-state index contributed by atoms with van der Waals surface area (Å²) in [5, 5.41) is 6.43. The van der Waals surface area contributed by atoms with Crippen molar-refractivity contribution in [3.05, 3.63) is 23.2 Å². The van der Waals surface area contributed by atoms with Gasteiger partial charge in [0.2, 0.25) is 0 Å². The molecular formula is C15H26IN3O3S. The average Bonchev–Trinajstić information content (AvgIpc) is 2.87. The van der Waals surface area contributed by atoms with Gasteiger partial charge in [-0.2, -0.15) is 11.8 Å². The second-order valence-corrected chi connectivity index (χ2v) is 6.93. The summed E-state index contributed by atoms with van der Waals surface area (Å²) in [6.07, 6.45) is 2.08. The molecule has 132 valence electrons. The average molecular weight is 455 g/mol. The van der Waals surface area contributed by atoms with E-state index in [0.717, 1.165) is 6.54 Å². The van der Waals surface area contributed by atoms with Gasteiger partial charge in [0.25, 0.3) is 0 Å². The molecular weight excluding hydrogens is 429 g/mol. The van der Waals surface area contributed by atoms with E-state index in [9.17, 15) is 4.79 Å². The molecule has 1 heterocycles. The van der Waals surface area contributed by atoms with E-state index in [0.29, 0.717) is 29.6 Å². The van der Waals surface area contributed by atoms with Gasteiger partial charge in [0.15, 0.2) is 5.96 Å². The highest BCUT2D eigenvalue weighted by Crippen LogP contribution is 2.19. The van der Waals surface area contributed by atoms with Gasteiger partial charge in [-0.25, -0.2) is 4.79 Å². The van der Waals surface area contributed by atoms with Crippen LogP contribution in [0.5, 0.6) is 0 Å². The summed E-state index contributed by atoms with van der Waals surface area (Å²) in [5.41, 5.74) is 0.450. The van der Waals surface area contributed by atoms with Crippen LogP contribution in [0.2, 0.25) is 0 Å². The minimum Gasteiger partial charge on any atom is -0.465 e. The van der Waals surface area contributed by atoms with Crippen LogP contribution < -0.4 is 10.6 Å². The van der Waals surface area contributed by atoms with Gasteiger partial charge >= 0.3 is 5.97 Å². The van der Waals surface area contributed by atoms with Crippen LogP contribution in [0, 0.1) is 6.92 Å². The molecule has 0 aliphatic heterocycles. The van der Waals surface area contributed by atoms with Crippen LogP contribution in [0.4, 0.5) is 0 Å². The molecule has 6 nitrogen and oxygen atoms in total. The number of hydrogen-bond donors (Lipinski definition) is 2. The number of esters is 1. The van der Waals surface area contributed by atoms with E-state index in [1.165, 1.54) is 7.11 Å². The lowest BCUT2D eigenvalue weighted by Gasteiger charge is -2.23. The van der Waals surface area contributed by atoms with E-state index < -0.39 is 5.97 Å². The smallest absolute Gasteiger partial charge is 0.341 e. The number of aliphatic imine (C=N–C) groups is 1. The van der Waals surface area contributed by atoms with Crippen LogP contribution in [-0.4, -0.2) is 43.6 Å². The Morgan fingerprint density at radius 1 is 1.43 bits per heavy atom. The number of halogens is 1. The number of guanidine groups is 1. The number of thioether (sulfide) groups is 1. The lowest BCUT2D eigenvalue weighted by Crippen LogP contribution is -2.42. The number of hydrogen-bond acceptors (Lipinski definition) is 5. The molecule has 23 heavy (non-hydrogen) atoms. The zero-order chi connectivity index (χ0) is 16.8. The molecule has 2 N–H and O–H groups in total. The largest absolute Gasteiger partial charge is 0.465 e. The summed E-state index contributed by atoms with van der Waals surface area (Å²) < 4.78 is 10.4. The Balaban J connectivity index is 0.00000484. The van der Waals surface area contributed by atoms with Crippen molar-refractivity contribution in [3.8, 4) is 0 Å². The highest BCUT2D eigenvalue weighted by molar-refractivity contribution is 14.0. The number of nitrogens with one attached hydrogen (secondary N) is 2. The predicted molar refractivity (Wildman–Crippen MR) is 106 cm³/mol. The molecule has 0 aromatic carbocycles. The van der Waals surface area contributed by atoms with Crippen molar-refractivity contribution in [2.24, 2.45) is 4.99 Å². The van der Waals surface area contributed by atoms with Crippen molar-refractivity contribution >= 4 is 47.7 Å². The maximum absolute atomic E-state index is 11.5. The van der Waals surface area contributed by atoms with Crippen LogP contribution in [0.1, 0.15) is 35.7 Å². The molecule has 0 saturated heterocycles. The van der Waals surface area contributed by atoms with Crippen molar-refractivity contribution in [1.82, 2.24) is 10.6 Å². The highest BCUT2D eigenvalue weighted by atomic mass is 127. The van der Waals surface area contributed by atoms with Crippen molar-refractivity contribution in [2.45, 2.75) is 32.1 Å². The highest BCUT2D eigenvalue weighted by Gasteiger charge is 2.17. The maximum Gasteiger partial charge on any atom is 0.341 e. The number of rotatable bonds is 6. The summed E-state index contributed by atoms with van der Waals surface area (Å²) in [6.45, 7) is 7.30. The second-order valence-electron chi connectivity index (χ2n) is 5.42. The molecule has 0 unspecified atom stereocenters. The molecule has 0 bridgehead atoms. The zero-order valence-corrected chi connectivity index (χ0v) is 17.6. The van der Waals surface area contributed by atoms with E-state index in [1.807, 2.05) is 0 Å². The number of nitrogens with zero attached hydrogens (tertiary/aromatic N) is 1. The van der Waals surface area contributed by atoms with Crippen LogP contribution in [0.15, 0.2) is 15.5 Å². The van der Waals surface area contributed by atoms with E-state index in [1.54, 1.807) is 31.8 Å². The van der Waals surface area contributed by atoms with Crippen LogP contribution in [0.25, 0.3) is 0 Å². The quantitative estimate of drug-likeness (QED) is 0.298. The maximum atomic E-state index is 11.5. The van der Waals surface area contributed by atoms with Crippen molar-refractivity contribution in [3.63, 3.8) is 0 Å². The molecule has 8 heteroatoms. The van der Waals surface area contributed by atoms with E-state index in [4.69, 9.17) is 9.15 Å². The third-order valence-electron chi connectivity index (χ3n) is 3.26. The van der Waals surface area contributed by atoms with Gasteiger partial charge < -0.3 is 19.8 Å². The Hall–Kier alpha value is -0.900. The summed E-state index contributed by atoms with van der Waals surface area (Å²) in [4.78, 5) is 15.7. The lowest BCUT2D eigenvalue weighted by molar-refractivity contribution is 0.0599. The molecule has 0 spiro atoms. The summed E-state index contributed by atoms with van der Waals surface area (Å²) in [7, 11) is 3.07. The van der Waals surface area contributed by atoms with Crippen molar-refractivity contribution < 1.29 is 13.9 Å². The molecule has 0 saturated carbocycles. The zero-order valence-electron chi connectivity index (χ0n) is 14.5. The van der Waals surface area contributed by atoms with E-state index in [-0.39, 0.29) is 28.7 Å². The topological polar surface area (TPSA) is 75.9 Å². The number of methoxy groups -OCH3 is 1. The van der Waals surface area contributed by atoms with Gasteiger partial charge in [-0.15, -0.1) is 24.0 Å². The number of carbonyl (C=O) groups is 1. The van der Waals surface area contributed by atoms with Crippen molar-refractivity contribution in [2.75, 3.05) is 27.0 Å². The Morgan fingerprint density at radius 2 is 2.09 bits per heavy atom. The second kappa shape index (κ2) is 10.1. The molecule has 1 aromatic rings. The van der Waals surface area contributed by atoms with Crippen LogP contribution in [-0.2, 0) is 11.3 Å². The molecule has 0 amide bonds. The first-order valence-corrected chi connectivity index (χ1v) is 8.22. The first kappa shape index (κ1) is 22.1. The minimum absolute atomic E-state index is 0. The number of carbonyl (C=O) groups excluding carboxylic acids is 1. The molecule has 0 aliphatic carbocycles. The third-order valence-corrected chi connectivity index (χ3v) is 4.51. The van der Waals surface area contributed by atoms with Crippen molar-refractivity contribution in [1.29, 1.82) is 0 Å². The van der Waals surface area contributed by atoms with Gasteiger partial charge in [0, 0.05) is 18.3 Å².